The summed E-state index contributed by atoms with van der Waals surface area (Å²) in [6, 6.07) is 28.4. The number of rotatable bonds is 7. The Morgan fingerprint density at radius 1 is 0.805 bits per heavy atom. The third-order valence-electron chi connectivity index (χ3n) is 7.49. The summed E-state index contributed by atoms with van der Waals surface area (Å²) in [6.07, 6.45) is -0.109. The number of para-hydroxylation sites is 1. The second-order valence-electron chi connectivity index (χ2n) is 11.5. The molecule has 0 saturated carbocycles. The van der Waals surface area contributed by atoms with E-state index in [0.717, 1.165) is 27.4 Å². The first-order valence-corrected chi connectivity index (χ1v) is 17.7. The molecule has 2 aromatic heterocycles. The van der Waals surface area contributed by atoms with Crippen LogP contribution < -0.4 is 15.9 Å². The smallest absolute Gasteiger partial charge is 0.248 e. The van der Waals surface area contributed by atoms with Crippen LogP contribution in [0.5, 0.6) is 5.75 Å². The fourth-order valence-corrected chi connectivity index (χ4v) is 6.19. The molecule has 0 radical (unpaired) electrons. The van der Waals surface area contributed by atoms with Gasteiger partial charge >= 0.3 is 0 Å². The minimum absolute atomic E-state index is 0.0521. The van der Waals surface area contributed by atoms with Gasteiger partial charge in [-0.15, -0.1) is 0 Å². The van der Waals surface area contributed by atoms with Crippen molar-refractivity contribution in [3.05, 3.63) is 123 Å². The molecular weight excluding hydrogens is 596 g/mol. The number of pyridine rings is 2. The largest absolute Gasteiger partial charge is 0.487 e. The maximum atomic E-state index is 12.1. The van der Waals surface area contributed by atoms with E-state index in [1.54, 1.807) is 6.07 Å². The van der Waals surface area contributed by atoms with E-state index in [-0.39, 0.29) is 22.3 Å². The fourth-order valence-electron chi connectivity index (χ4n) is 4.19. The Hall–Kier alpha value is -3.46. The summed E-state index contributed by atoms with van der Waals surface area (Å²) in [7, 11) is -1.98. The molecule has 0 aliphatic heterocycles. The second kappa shape index (κ2) is 13.0. The van der Waals surface area contributed by atoms with Gasteiger partial charge in [0.05, 0.1) is 11.6 Å². The molecule has 214 valence electrons. The maximum absolute atomic E-state index is 12.1. The predicted molar refractivity (Wildman–Crippen MR) is 175 cm³/mol. The zero-order chi connectivity index (χ0) is 29.6. The van der Waals surface area contributed by atoms with Gasteiger partial charge in [0.1, 0.15) is 12.4 Å². The van der Waals surface area contributed by atoms with Crippen molar-refractivity contribution in [2.75, 3.05) is 5.33 Å². The van der Waals surface area contributed by atoms with Crippen LogP contribution in [-0.4, -0.2) is 23.6 Å². The Balaban J connectivity index is 0.000000291. The lowest BCUT2D eigenvalue weighted by Gasteiger charge is -2.39. The molecule has 2 heterocycles. The summed E-state index contributed by atoms with van der Waals surface area (Å²) in [6.45, 7) is 11.7. The van der Waals surface area contributed by atoms with Crippen molar-refractivity contribution in [1.82, 2.24) is 9.97 Å². The van der Waals surface area contributed by atoms with Crippen molar-refractivity contribution < 1.29 is 9.16 Å². The van der Waals surface area contributed by atoms with E-state index >= 15 is 0 Å². The lowest BCUT2D eigenvalue weighted by molar-refractivity contribution is 0.210. The van der Waals surface area contributed by atoms with Crippen molar-refractivity contribution in [3.63, 3.8) is 0 Å². The first-order valence-electron chi connectivity index (χ1n) is 13.6. The Kier molecular flexibility index (Phi) is 9.68. The molecule has 0 unspecified atom stereocenters. The van der Waals surface area contributed by atoms with Crippen LogP contribution in [0.4, 0.5) is 0 Å². The van der Waals surface area contributed by atoms with Gasteiger partial charge in [-0.1, -0.05) is 91.3 Å². The summed E-state index contributed by atoms with van der Waals surface area (Å²) in [5, 5.41) is 2.80. The number of benzene rings is 3. The molecular formula is C33H37BrN2O4Si. The Morgan fingerprint density at radius 2 is 1.46 bits per heavy atom. The summed E-state index contributed by atoms with van der Waals surface area (Å²) < 4.78 is 12.8. The van der Waals surface area contributed by atoms with Gasteiger partial charge in [0.15, 0.2) is 8.32 Å². The van der Waals surface area contributed by atoms with E-state index < -0.39 is 8.32 Å². The van der Waals surface area contributed by atoms with Crippen LogP contribution in [0.3, 0.4) is 0 Å². The molecule has 0 saturated heterocycles. The first kappa shape index (κ1) is 30.5. The lowest BCUT2D eigenvalue weighted by atomic mass is 10.0. The Labute approximate surface area is 250 Å². The molecule has 41 heavy (non-hydrogen) atoms. The molecule has 0 amide bonds. The van der Waals surface area contributed by atoms with Gasteiger partial charge in [-0.3, -0.25) is 9.59 Å². The number of alkyl halides is 1. The quantitative estimate of drug-likeness (QED) is 0.140. The SMILES string of the molecule is CC(C)(C)[Si](C)(C)O[C@@H](CBr)c1ccc(OCc2ccccc2)c2[nH]c(=O)ccc12.O=c1ccc2ccccc2[nH]1. The minimum Gasteiger partial charge on any atom is -0.487 e. The molecule has 5 rings (SSSR count). The number of fused-ring (bicyclic) bond motifs is 2. The molecule has 1 atom stereocenters. The van der Waals surface area contributed by atoms with E-state index in [4.69, 9.17) is 9.16 Å². The minimum atomic E-state index is -1.98. The van der Waals surface area contributed by atoms with Crippen molar-refractivity contribution in [1.29, 1.82) is 0 Å². The topological polar surface area (TPSA) is 84.2 Å². The molecule has 0 spiro atoms. The first-order chi connectivity index (χ1) is 19.5. The molecule has 0 fully saturated rings. The Bertz CT molecular complexity index is 1730. The number of hydrogen-bond acceptors (Lipinski definition) is 4. The number of halogens is 1. The highest BCUT2D eigenvalue weighted by Crippen LogP contribution is 2.41. The average Bonchev–Trinajstić information content (AvgIpc) is 2.95. The molecule has 0 aliphatic carbocycles. The van der Waals surface area contributed by atoms with Gasteiger partial charge in [0, 0.05) is 28.4 Å². The van der Waals surface area contributed by atoms with E-state index in [9.17, 15) is 9.59 Å². The second-order valence-corrected chi connectivity index (χ2v) is 16.9. The van der Waals surface area contributed by atoms with E-state index in [2.05, 4.69) is 65.8 Å². The monoisotopic (exact) mass is 632 g/mol. The summed E-state index contributed by atoms with van der Waals surface area (Å²) in [4.78, 5) is 28.6. The van der Waals surface area contributed by atoms with Gasteiger partial charge in [0.25, 0.3) is 0 Å². The van der Waals surface area contributed by atoms with Crippen LogP contribution in [-0.2, 0) is 11.0 Å². The van der Waals surface area contributed by atoms with Crippen LogP contribution in [0.2, 0.25) is 18.1 Å². The van der Waals surface area contributed by atoms with E-state index in [1.165, 1.54) is 6.07 Å². The van der Waals surface area contributed by atoms with Crippen LogP contribution in [0, 0.1) is 0 Å². The van der Waals surface area contributed by atoms with Crippen LogP contribution >= 0.6 is 15.9 Å². The van der Waals surface area contributed by atoms with Crippen molar-refractivity contribution in [2.24, 2.45) is 0 Å². The highest BCUT2D eigenvalue weighted by Gasteiger charge is 2.39. The molecule has 8 heteroatoms. The molecule has 3 aromatic carbocycles. The number of ether oxygens (including phenoxy) is 1. The van der Waals surface area contributed by atoms with E-state index in [0.29, 0.717) is 23.2 Å². The van der Waals surface area contributed by atoms with Gasteiger partial charge < -0.3 is 19.1 Å². The highest BCUT2D eigenvalue weighted by molar-refractivity contribution is 9.09. The predicted octanol–water partition coefficient (Wildman–Crippen LogP) is 8.09. The third kappa shape index (κ3) is 7.64. The zero-order valence-electron chi connectivity index (χ0n) is 24.2. The lowest BCUT2D eigenvalue weighted by Crippen LogP contribution is -2.42. The standard InChI is InChI=1S/C24H30BrNO3Si.C9H7NO/c1-24(2,3)30(4,5)29-21(15-25)18-11-13-20(23-19(18)12-14-22(27)26-23)28-16-17-9-7-6-8-10-17;11-9-6-5-7-3-1-2-4-8(7)10-9/h6-14,21H,15-16H2,1-5H3,(H,26,27);1-6H,(H,10,11)/t21-;/m0./s1. The number of hydrogen-bond donors (Lipinski definition) is 2. The van der Waals surface area contributed by atoms with Crippen molar-refractivity contribution in [3.8, 4) is 5.75 Å². The van der Waals surface area contributed by atoms with Gasteiger partial charge in [0.2, 0.25) is 11.1 Å². The molecule has 5 aromatic rings. The average molecular weight is 634 g/mol. The molecule has 2 N–H and O–H groups in total. The number of H-pyrrole nitrogens is 2. The number of aromatic amines is 2. The number of aromatic nitrogens is 2. The third-order valence-corrected chi connectivity index (χ3v) is 12.6. The number of nitrogens with one attached hydrogen (secondary N) is 2. The molecule has 0 aliphatic rings. The Morgan fingerprint density at radius 3 is 2.17 bits per heavy atom. The zero-order valence-corrected chi connectivity index (χ0v) is 26.7. The van der Waals surface area contributed by atoms with Crippen LogP contribution in [0.1, 0.15) is 38.0 Å². The summed E-state index contributed by atoms with van der Waals surface area (Å²) in [5.41, 5.74) is 3.52. The van der Waals surface area contributed by atoms with Crippen molar-refractivity contribution >= 4 is 46.1 Å². The summed E-state index contributed by atoms with van der Waals surface area (Å²) in [5.74, 6) is 0.663. The van der Waals surface area contributed by atoms with E-state index in [1.807, 2.05) is 72.8 Å². The summed E-state index contributed by atoms with van der Waals surface area (Å²) >= 11 is 3.65. The normalized spacial score (nSPS) is 12.5. The van der Waals surface area contributed by atoms with Crippen molar-refractivity contribution in [2.45, 2.75) is 51.6 Å². The molecule has 0 bridgehead atoms. The van der Waals surface area contributed by atoms with Crippen LogP contribution in [0.25, 0.3) is 21.8 Å². The molecule has 6 nitrogen and oxygen atoms in total. The van der Waals surface area contributed by atoms with Gasteiger partial charge in [-0.05, 0) is 58.9 Å². The van der Waals surface area contributed by atoms with Crippen LogP contribution in [0.15, 0.2) is 101 Å². The fraction of sp³-hybridized carbons (Fsp3) is 0.273. The highest BCUT2D eigenvalue weighted by atomic mass is 79.9. The van der Waals surface area contributed by atoms with Gasteiger partial charge in [-0.25, -0.2) is 0 Å². The maximum Gasteiger partial charge on any atom is 0.248 e. The van der Waals surface area contributed by atoms with Gasteiger partial charge in [-0.2, -0.15) is 0 Å².